The topological polar surface area (TPSA) is 59.6 Å². The van der Waals surface area contributed by atoms with E-state index in [1.54, 1.807) is 43.8 Å². The Kier molecular flexibility index (Phi) is 5.45. The van der Waals surface area contributed by atoms with Crippen molar-refractivity contribution in [3.63, 3.8) is 0 Å². The van der Waals surface area contributed by atoms with Gasteiger partial charge in [0.2, 0.25) is 0 Å². The summed E-state index contributed by atoms with van der Waals surface area (Å²) in [6.45, 7) is 0.591. The van der Waals surface area contributed by atoms with E-state index in [-0.39, 0.29) is 6.03 Å². The van der Waals surface area contributed by atoms with Crippen LogP contribution >= 0.6 is 11.3 Å². The van der Waals surface area contributed by atoms with Crippen molar-refractivity contribution in [3.05, 3.63) is 40.6 Å². The van der Waals surface area contributed by atoms with Gasteiger partial charge in [-0.3, -0.25) is 0 Å². The molecule has 5 nitrogen and oxygen atoms in total. The Morgan fingerprint density at radius 2 is 1.90 bits per heavy atom. The number of carbonyl (C=O) groups excluding carboxylic acids is 1. The first-order valence-electron chi connectivity index (χ1n) is 6.51. The summed E-state index contributed by atoms with van der Waals surface area (Å²) in [7, 11) is 3.14. The van der Waals surface area contributed by atoms with Gasteiger partial charge < -0.3 is 20.1 Å². The zero-order valence-electron chi connectivity index (χ0n) is 12.0. The minimum Gasteiger partial charge on any atom is -0.497 e. The summed E-state index contributed by atoms with van der Waals surface area (Å²) < 4.78 is 10.3. The maximum atomic E-state index is 11.8. The third-order valence-electron chi connectivity index (χ3n) is 2.85. The van der Waals surface area contributed by atoms with Crippen LogP contribution in [-0.2, 0) is 6.42 Å². The highest BCUT2D eigenvalue weighted by molar-refractivity contribution is 7.09. The van der Waals surface area contributed by atoms with Gasteiger partial charge in [0.25, 0.3) is 0 Å². The largest absolute Gasteiger partial charge is 0.497 e. The fourth-order valence-corrected chi connectivity index (χ4v) is 2.52. The van der Waals surface area contributed by atoms with E-state index in [0.29, 0.717) is 23.7 Å². The van der Waals surface area contributed by atoms with Crippen molar-refractivity contribution >= 4 is 23.1 Å². The molecule has 2 N–H and O–H groups in total. The summed E-state index contributed by atoms with van der Waals surface area (Å²) in [5, 5.41) is 7.61. The Morgan fingerprint density at radius 3 is 2.48 bits per heavy atom. The fourth-order valence-electron chi connectivity index (χ4n) is 1.81. The molecule has 21 heavy (non-hydrogen) atoms. The van der Waals surface area contributed by atoms with Crippen molar-refractivity contribution in [2.24, 2.45) is 0 Å². The molecule has 112 valence electrons. The molecule has 0 spiro atoms. The second-order valence-corrected chi connectivity index (χ2v) is 5.34. The number of benzene rings is 1. The molecule has 1 aromatic heterocycles. The number of urea groups is 1. The Hall–Kier alpha value is -2.21. The molecule has 0 saturated carbocycles. The van der Waals surface area contributed by atoms with Gasteiger partial charge in [-0.15, -0.1) is 11.3 Å². The molecule has 0 bridgehead atoms. The average molecular weight is 306 g/mol. The lowest BCUT2D eigenvalue weighted by Crippen LogP contribution is -2.30. The molecular formula is C15H18N2O3S. The molecule has 0 aliphatic carbocycles. The van der Waals surface area contributed by atoms with Gasteiger partial charge in [-0.2, -0.15) is 0 Å². The average Bonchev–Trinajstić information content (AvgIpc) is 3.00. The quantitative estimate of drug-likeness (QED) is 0.862. The molecule has 0 unspecified atom stereocenters. The molecule has 2 amide bonds. The van der Waals surface area contributed by atoms with Crippen LogP contribution in [0.1, 0.15) is 4.88 Å². The minimum absolute atomic E-state index is 0.248. The molecular weight excluding hydrogens is 288 g/mol. The van der Waals surface area contributed by atoms with Crippen LogP contribution < -0.4 is 20.1 Å². The van der Waals surface area contributed by atoms with Crippen LogP contribution in [0.4, 0.5) is 10.5 Å². The number of thiophene rings is 1. The highest BCUT2D eigenvalue weighted by Crippen LogP contribution is 2.25. The summed E-state index contributed by atoms with van der Waals surface area (Å²) >= 11 is 1.68. The highest BCUT2D eigenvalue weighted by atomic mass is 32.1. The van der Waals surface area contributed by atoms with Gasteiger partial charge >= 0.3 is 6.03 Å². The van der Waals surface area contributed by atoms with Crippen LogP contribution in [0.2, 0.25) is 0 Å². The number of ether oxygens (including phenoxy) is 2. The lowest BCUT2D eigenvalue weighted by molar-refractivity contribution is 0.252. The van der Waals surface area contributed by atoms with E-state index in [4.69, 9.17) is 9.47 Å². The molecule has 0 saturated heterocycles. The van der Waals surface area contributed by atoms with Crippen LogP contribution in [0.15, 0.2) is 35.7 Å². The first-order valence-corrected chi connectivity index (χ1v) is 7.39. The normalized spacial score (nSPS) is 10.0. The van der Waals surface area contributed by atoms with E-state index in [9.17, 15) is 4.79 Å². The van der Waals surface area contributed by atoms with Gasteiger partial charge in [0.1, 0.15) is 11.5 Å². The molecule has 0 radical (unpaired) electrons. The van der Waals surface area contributed by atoms with Crippen molar-refractivity contribution < 1.29 is 14.3 Å². The summed E-state index contributed by atoms with van der Waals surface area (Å²) in [5.74, 6) is 1.26. The van der Waals surface area contributed by atoms with Crippen molar-refractivity contribution in [1.82, 2.24) is 5.32 Å². The first kappa shape index (κ1) is 15.2. The van der Waals surface area contributed by atoms with Crippen molar-refractivity contribution in [3.8, 4) is 11.5 Å². The summed E-state index contributed by atoms with van der Waals surface area (Å²) in [5.41, 5.74) is 0.625. The van der Waals surface area contributed by atoms with Crippen molar-refractivity contribution in [2.45, 2.75) is 6.42 Å². The standard InChI is InChI=1S/C15H18N2O3S/c1-19-12-8-11(9-13(10-12)20-2)17-15(18)16-6-5-14-4-3-7-21-14/h3-4,7-10H,5-6H2,1-2H3,(H2,16,17,18). The maximum Gasteiger partial charge on any atom is 0.319 e. The maximum absolute atomic E-state index is 11.8. The number of carbonyl (C=O) groups is 1. The molecule has 1 aromatic carbocycles. The van der Waals surface area contributed by atoms with Crippen molar-refractivity contribution in [2.75, 3.05) is 26.1 Å². The molecule has 0 atom stereocenters. The van der Waals surface area contributed by atoms with Crippen molar-refractivity contribution in [1.29, 1.82) is 0 Å². The van der Waals surface area contributed by atoms with Gasteiger partial charge in [-0.1, -0.05) is 6.07 Å². The van der Waals surface area contributed by atoms with E-state index < -0.39 is 0 Å². The van der Waals surface area contributed by atoms with Gasteiger partial charge in [0.15, 0.2) is 0 Å². The van der Waals surface area contributed by atoms with E-state index in [2.05, 4.69) is 16.7 Å². The van der Waals surface area contributed by atoms with E-state index in [1.807, 2.05) is 11.4 Å². The predicted molar refractivity (Wildman–Crippen MR) is 84.6 cm³/mol. The predicted octanol–water partition coefficient (Wildman–Crippen LogP) is 3.13. The SMILES string of the molecule is COc1cc(NC(=O)NCCc2cccs2)cc(OC)c1. The minimum atomic E-state index is -0.248. The van der Waals surface area contributed by atoms with Crippen LogP contribution in [0, 0.1) is 0 Å². The number of methoxy groups -OCH3 is 2. The molecule has 0 aliphatic heterocycles. The second-order valence-electron chi connectivity index (χ2n) is 4.31. The number of anilines is 1. The van der Waals surface area contributed by atoms with E-state index in [1.165, 1.54) is 4.88 Å². The Morgan fingerprint density at radius 1 is 1.19 bits per heavy atom. The Labute approximate surface area is 127 Å². The Bertz CT molecular complexity index is 562. The number of hydrogen-bond donors (Lipinski definition) is 2. The summed E-state index contributed by atoms with van der Waals surface area (Å²) in [6.07, 6.45) is 0.826. The third-order valence-corrected chi connectivity index (χ3v) is 3.78. The van der Waals surface area contributed by atoms with Gasteiger partial charge in [0, 0.05) is 35.3 Å². The summed E-state index contributed by atoms with van der Waals surface area (Å²) in [6, 6.07) is 9.03. The fraction of sp³-hybridized carbons (Fsp3) is 0.267. The lowest BCUT2D eigenvalue weighted by atomic mass is 10.3. The number of nitrogens with one attached hydrogen (secondary N) is 2. The van der Waals surface area contributed by atoms with Crippen LogP contribution in [-0.4, -0.2) is 26.8 Å². The lowest BCUT2D eigenvalue weighted by Gasteiger charge is -2.10. The second kappa shape index (κ2) is 7.54. The van der Waals surface area contributed by atoms with Gasteiger partial charge in [-0.05, 0) is 17.9 Å². The Balaban J connectivity index is 1.86. The number of rotatable bonds is 6. The molecule has 0 fully saturated rings. The smallest absolute Gasteiger partial charge is 0.319 e. The molecule has 2 rings (SSSR count). The third kappa shape index (κ3) is 4.68. The van der Waals surface area contributed by atoms with E-state index >= 15 is 0 Å². The molecule has 1 heterocycles. The van der Waals surface area contributed by atoms with Gasteiger partial charge in [0.05, 0.1) is 14.2 Å². The van der Waals surface area contributed by atoms with Crippen LogP contribution in [0.3, 0.4) is 0 Å². The summed E-state index contributed by atoms with van der Waals surface area (Å²) in [4.78, 5) is 13.1. The molecule has 6 heteroatoms. The highest BCUT2D eigenvalue weighted by Gasteiger charge is 2.05. The number of hydrogen-bond acceptors (Lipinski definition) is 4. The molecule has 0 aliphatic rings. The van der Waals surface area contributed by atoms with Gasteiger partial charge in [-0.25, -0.2) is 4.79 Å². The monoisotopic (exact) mass is 306 g/mol. The zero-order chi connectivity index (χ0) is 15.1. The van der Waals surface area contributed by atoms with E-state index in [0.717, 1.165) is 6.42 Å². The van der Waals surface area contributed by atoms with Crippen LogP contribution in [0.25, 0.3) is 0 Å². The first-order chi connectivity index (χ1) is 10.2. The molecule has 2 aromatic rings. The zero-order valence-corrected chi connectivity index (χ0v) is 12.8. The number of amides is 2. The van der Waals surface area contributed by atoms with Crippen LogP contribution in [0.5, 0.6) is 11.5 Å².